The first-order valence-corrected chi connectivity index (χ1v) is 8.97. The number of fused-ring (bicyclic) bond motifs is 1. The molecule has 0 bridgehead atoms. The summed E-state index contributed by atoms with van der Waals surface area (Å²) in [6.07, 6.45) is 0. The average Bonchev–Trinajstić information content (AvgIpc) is 2.72. The first-order chi connectivity index (χ1) is 14.4. The van der Waals surface area contributed by atoms with Crippen molar-refractivity contribution in [3.8, 4) is 23.1 Å². The Balaban J connectivity index is 1.99. The Kier molecular flexibility index (Phi) is 6.10. The van der Waals surface area contributed by atoms with Crippen molar-refractivity contribution in [2.24, 2.45) is 0 Å². The average molecular weight is 414 g/mol. The van der Waals surface area contributed by atoms with Gasteiger partial charge in [-0.1, -0.05) is 0 Å². The highest BCUT2D eigenvalue weighted by atomic mass is 19.1. The van der Waals surface area contributed by atoms with E-state index in [0.29, 0.717) is 28.2 Å². The van der Waals surface area contributed by atoms with Crippen molar-refractivity contribution in [3.05, 3.63) is 47.5 Å². The molecule has 0 spiro atoms. The number of ketones is 1. The van der Waals surface area contributed by atoms with E-state index in [1.165, 1.54) is 20.3 Å². The van der Waals surface area contributed by atoms with Gasteiger partial charge in [0.05, 0.1) is 37.3 Å². The fourth-order valence-electron chi connectivity index (χ4n) is 2.78. The number of halogens is 1. The summed E-state index contributed by atoms with van der Waals surface area (Å²) in [6, 6.07) is 6.84. The van der Waals surface area contributed by atoms with Gasteiger partial charge < -0.3 is 18.9 Å². The fourth-order valence-corrected chi connectivity index (χ4v) is 2.78. The summed E-state index contributed by atoms with van der Waals surface area (Å²) in [7, 11) is 3.00. The second-order valence-corrected chi connectivity index (χ2v) is 6.09. The molecule has 30 heavy (non-hydrogen) atoms. The van der Waals surface area contributed by atoms with Crippen LogP contribution in [0.5, 0.6) is 23.1 Å². The van der Waals surface area contributed by atoms with E-state index in [1.807, 2.05) is 0 Å². The molecule has 0 aliphatic carbocycles. The van der Waals surface area contributed by atoms with E-state index < -0.39 is 23.1 Å². The Labute approximate surface area is 171 Å². The number of carbonyl (C=O) groups excluding carboxylic acids is 2. The molecule has 3 rings (SSSR count). The van der Waals surface area contributed by atoms with E-state index in [9.17, 15) is 14.0 Å². The van der Waals surface area contributed by atoms with E-state index in [-0.39, 0.29) is 18.2 Å². The number of aryl methyl sites for hydroxylation is 1. The Bertz CT molecular complexity index is 1130. The molecule has 0 fully saturated rings. The predicted molar refractivity (Wildman–Crippen MR) is 105 cm³/mol. The molecule has 8 nitrogen and oxygen atoms in total. The van der Waals surface area contributed by atoms with Crippen molar-refractivity contribution in [1.82, 2.24) is 9.97 Å². The van der Waals surface area contributed by atoms with Crippen LogP contribution in [0.1, 0.15) is 23.1 Å². The summed E-state index contributed by atoms with van der Waals surface area (Å²) >= 11 is 0. The minimum Gasteiger partial charge on any atom is -0.493 e. The second kappa shape index (κ2) is 8.73. The molecule has 0 saturated heterocycles. The van der Waals surface area contributed by atoms with Crippen LogP contribution in [0.4, 0.5) is 4.39 Å². The smallest absolute Gasteiger partial charge is 0.379 e. The number of hydrogen-bond donors (Lipinski definition) is 0. The first-order valence-electron chi connectivity index (χ1n) is 8.97. The van der Waals surface area contributed by atoms with E-state index in [2.05, 4.69) is 14.7 Å². The number of aromatic nitrogens is 2. The van der Waals surface area contributed by atoms with Gasteiger partial charge in [0.1, 0.15) is 17.4 Å². The van der Waals surface area contributed by atoms with Crippen LogP contribution in [-0.2, 0) is 9.53 Å². The van der Waals surface area contributed by atoms with Gasteiger partial charge in [0.15, 0.2) is 11.5 Å². The van der Waals surface area contributed by atoms with E-state index in [1.54, 1.807) is 26.0 Å². The van der Waals surface area contributed by atoms with Gasteiger partial charge in [-0.05, 0) is 32.0 Å². The summed E-state index contributed by atoms with van der Waals surface area (Å²) < 4.78 is 35.4. The molecule has 1 heterocycles. The van der Waals surface area contributed by atoms with Gasteiger partial charge in [-0.15, -0.1) is 0 Å². The Morgan fingerprint density at radius 1 is 1.03 bits per heavy atom. The van der Waals surface area contributed by atoms with E-state index in [4.69, 9.17) is 14.2 Å². The number of hydrogen-bond acceptors (Lipinski definition) is 8. The molecule has 2 aromatic carbocycles. The molecule has 0 atom stereocenters. The third kappa shape index (κ3) is 4.14. The molecule has 0 aliphatic heterocycles. The number of benzene rings is 2. The maximum absolute atomic E-state index is 14.4. The van der Waals surface area contributed by atoms with Crippen LogP contribution in [0, 0.1) is 12.7 Å². The summed E-state index contributed by atoms with van der Waals surface area (Å²) in [5.74, 6) is -1.49. The number of Topliss-reactive ketones (excluding diaryl/α,β-unsaturated/α-hetero) is 1. The number of esters is 1. The molecule has 0 N–H and O–H groups in total. The minimum atomic E-state index is -1.12. The van der Waals surface area contributed by atoms with Crippen molar-refractivity contribution in [2.75, 3.05) is 20.8 Å². The number of carbonyl (C=O) groups is 2. The standard InChI is InChI=1S/C21H19FN2O6/c1-5-29-21(26)19(25)13-7-6-12(8-15(13)22)30-20-14-9-17(27-3)18(28-4)10-16(14)23-11(2)24-20/h6-10H,5H2,1-4H3. The maximum atomic E-state index is 14.4. The highest BCUT2D eigenvalue weighted by Gasteiger charge is 2.22. The molecule has 0 radical (unpaired) electrons. The van der Waals surface area contributed by atoms with Gasteiger partial charge in [-0.25, -0.2) is 14.2 Å². The Hall–Kier alpha value is -3.75. The van der Waals surface area contributed by atoms with Crippen LogP contribution < -0.4 is 14.2 Å². The third-order valence-electron chi connectivity index (χ3n) is 4.14. The molecular weight excluding hydrogens is 395 g/mol. The lowest BCUT2D eigenvalue weighted by molar-refractivity contribution is -0.137. The van der Waals surface area contributed by atoms with Gasteiger partial charge in [0.2, 0.25) is 5.88 Å². The van der Waals surface area contributed by atoms with Crippen LogP contribution in [0.25, 0.3) is 10.9 Å². The van der Waals surface area contributed by atoms with Gasteiger partial charge in [0, 0.05) is 12.1 Å². The van der Waals surface area contributed by atoms with Crippen LogP contribution >= 0.6 is 0 Å². The molecule has 0 saturated carbocycles. The van der Waals surface area contributed by atoms with Gasteiger partial charge in [-0.2, -0.15) is 4.98 Å². The largest absolute Gasteiger partial charge is 0.493 e. The Morgan fingerprint density at radius 2 is 1.73 bits per heavy atom. The summed E-state index contributed by atoms with van der Waals surface area (Å²) in [6.45, 7) is 3.25. The fraction of sp³-hybridized carbons (Fsp3) is 0.238. The van der Waals surface area contributed by atoms with E-state index in [0.717, 1.165) is 12.1 Å². The van der Waals surface area contributed by atoms with Crippen LogP contribution in [-0.4, -0.2) is 42.5 Å². The zero-order chi connectivity index (χ0) is 21.8. The lowest BCUT2D eigenvalue weighted by Crippen LogP contribution is -2.18. The molecule has 9 heteroatoms. The van der Waals surface area contributed by atoms with E-state index >= 15 is 0 Å². The number of nitrogens with zero attached hydrogens (tertiary/aromatic N) is 2. The molecule has 156 valence electrons. The number of ether oxygens (including phenoxy) is 4. The van der Waals surface area contributed by atoms with Crippen molar-refractivity contribution >= 4 is 22.7 Å². The monoisotopic (exact) mass is 414 g/mol. The third-order valence-corrected chi connectivity index (χ3v) is 4.14. The second-order valence-electron chi connectivity index (χ2n) is 6.09. The van der Waals surface area contributed by atoms with Crippen LogP contribution in [0.15, 0.2) is 30.3 Å². The van der Waals surface area contributed by atoms with Crippen molar-refractivity contribution in [3.63, 3.8) is 0 Å². The molecular formula is C21H19FN2O6. The minimum absolute atomic E-state index is 0.0156. The Morgan fingerprint density at radius 3 is 2.37 bits per heavy atom. The summed E-state index contributed by atoms with van der Waals surface area (Å²) in [5.41, 5.74) is 0.140. The molecule has 0 aliphatic rings. The number of rotatable bonds is 7. The molecule has 1 aromatic heterocycles. The zero-order valence-corrected chi connectivity index (χ0v) is 16.8. The molecule has 0 unspecified atom stereocenters. The highest BCUT2D eigenvalue weighted by Crippen LogP contribution is 2.36. The quantitative estimate of drug-likeness (QED) is 0.328. The number of methoxy groups -OCH3 is 2. The predicted octanol–water partition coefficient (Wildman–Crippen LogP) is 3.63. The van der Waals surface area contributed by atoms with Crippen molar-refractivity contribution in [1.29, 1.82) is 0 Å². The van der Waals surface area contributed by atoms with Crippen molar-refractivity contribution in [2.45, 2.75) is 13.8 Å². The van der Waals surface area contributed by atoms with Crippen molar-refractivity contribution < 1.29 is 32.9 Å². The molecule has 3 aromatic rings. The summed E-state index contributed by atoms with van der Waals surface area (Å²) in [5, 5.41) is 0.519. The SMILES string of the molecule is CCOC(=O)C(=O)c1ccc(Oc2nc(C)nc3cc(OC)c(OC)cc23)cc1F. The summed E-state index contributed by atoms with van der Waals surface area (Å²) in [4.78, 5) is 32.2. The van der Waals surface area contributed by atoms with Gasteiger partial charge in [-0.3, -0.25) is 4.79 Å². The normalized spacial score (nSPS) is 10.6. The topological polar surface area (TPSA) is 96.8 Å². The molecule has 0 amide bonds. The van der Waals surface area contributed by atoms with Gasteiger partial charge in [0.25, 0.3) is 5.78 Å². The van der Waals surface area contributed by atoms with Crippen LogP contribution in [0.2, 0.25) is 0 Å². The lowest BCUT2D eigenvalue weighted by atomic mass is 10.1. The first kappa shape index (κ1) is 21.0. The highest BCUT2D eigenvalue weighted by molar-refractivity contribution is 6.40. The van der Waals surface area contributed by atoms with Crippen LogP contribution in [0.3, 0.4) is 0 Å². The lowest BCUT2D eigenvalue weighted by Gasteiger charge is -2.13. The zero-order valence-electron chi connectivity index (χ0n) is 16.8. The van der Waals surface area contributed by atoms with Gasteiger partial charge >= 0.3 is 5.97 Å². The maximum Gasteiger partial charge on any atom is 0.379 e.